The molecule has 3 nitrogen and oxygen atoms in total. The van der Waals surface area contributed by atoms with Gasteiger partial charge in [0.25, 0.3) is 0 Å². The van der Waals surface area contributed by atoms with Crippen molar-refractivity contribution >= 4 is 11.8 Å². The first-order chi connectivity index (χ1) is 6.02. The van der Waals surface area contributed by atoms with Gasteiger partial charge in [0, 0.05) is 5.56 Å². The van der Waals surface area contributed by atoms with Gasteiger partial charge in [-0.15, -0.1) is 0 Å². The van der Waals surface area contributed by atoms with Crippen molar-refractivity contribution in [3.05, 3.63) is 34.9 Å². The maximum Gasteiger partial charge on any atom is 0.336 e. The van der Waals surface area contributed by atoms with Crippen LogP contribution >= 0.6 is 0 Å². The van der Waals surface area contributed by atoms with Gasteiger partial charge in [-0.2, -0.15) is 0 Å². The molecule has 0 spiro atoms. The van der Waals surface area contributed by atoms with E-state index in [4.69, 9.17) is 5.11 Å². The second-order valence-corrected chi connectivity index (χ2v) is 2.91. The Morgan fingerprint density at radius 3 is 2.21 bits per heavy atom. The van der Waals surface area contributed by atoms with E-state index in [0.717, 1.165) is 5.56 Å². The second-order valence-electron chi connectivity index (χ2n) is 2.91. The highest BCUT2D eigenvalue weighted by Gasteiger charge is 2.12. The zero-order chi connectivity index (χ0) is 10.0. The molecule has 0 saturated carbocycles. The van der Waals surface area contributed by atoms with Crippen LogP contribution in [-0.4, -0.2) is 16.9 Å². The third kappa shape index (κ3) is 2.42. The molecule has 0 unspecified atom stereocenters. The Morgan fingerprint density at radius 1 is 1.21 bits per heavy atom. The molecule has 76 valence electrons. The summed E-state index contributed by atoms with van der Waals surface area (Å²) in [6, 6.07) is 4.72. The van der Waals surface area contributed by atoms with E-state index in [0.29, 0.717) is 0 Å². The van der Waals surface area contributed by atoms with E-state index in [1.54, 1.807) is 12.1 Å². The predicted molar refractivity (Wildman–Crippen MR) is 54.9 cm³/mol. The molecule has 0 radical (unpaired) electrons. The fourth-order valence-corrected chi connectivity index (χ4v) is 1.14. The molecule has 0 aromatic heterocycles. The van der Waals surface area contributed by atoms with Gasteiger partial charge < -0.3 is 5.11 Å². The lowest BCUT2D eigenvalue weighted by Crippen LogP contribution is -2.06. The fourth-order valence-electron chi connectivity index (χ4n) is 1.14. The smallest absolute Gasteiger partial charge is 0.336 e. The van der Waals surface area contributed by atoms with E-state index < -0.39 is 5.97 Å². The summed E-state index contributed by atoms with van der Waals surface area (Å²) in [6.45, 7) is 3.18. The largest absolute Gasteiger partial charge is 0.478 e. The molecule has 0 bridgehead atoms. The number of ketones is 1. The molecule has 0 saturated heterocycles. The SMILES string of the molecule is C.CC(=O)c1cc(C)ccc1C(=O)O. The molecule has 0 amide bonds. The van der Waals surface area contributed by atoms with Crippen LogP contribution < -0.4 is 0 Å². The van der Waals surface area contributed by atoms with Crippen LogP contribution in [-0.2, 0) is 0 Å². The number of carbonyl (C=O) groups excluding carboxylic acids is 1. The summed E-state index contributed by atoms with van der Waals surface area (Å²) in [4.78, 5) is 21.7. The Bertz CT molecular complexity index is 367. The number of aromatic carboxylic acids is 1. The van der Waals surface area contributed by atoms with Crippen LogP contribution in [0.4, 0.5) is 0 Å². The highest BCUT2D eigenvalue weighted by atomic mass is 16.4. The van der Waals surface area contributed by atoms with Crippen molar-refractivity contribution in [3.8, 4) is 0 Å². The number of carboxylic acid groups (broad SMARTS) is 1. The summed E-state index contributed by atoms with van der Waals surface area (Å²) < 4.78 is 0. The maximum atomic E-state index is 11.1. The monoisotopic (exact) mass is 194 g/mol. The van der Waals surface area contributed by atoms with Crippen molar-refractivity contribution in [1.82, 2.24) is 0 Å². The summed E-state index contributed by atoms with van der Waals surface area (Å²) in [7, 11) is 0. The second kappa shape index (κ2) is 4.56. The molecule has 3 heteroatoms. The van der Waals surface area contributed by atoms with Gasteiger partial charge in [-0.05, 0) is 26.0 Å². The fraction of sp³-hybridized carbons (Fsp3) is 0.273. The minimum atomic E-state index is -1.06. The minimum absolute atomic E-state index is 0. The third-order valence-corrected chi connectivity index (χ3v) is 1.78. The van der Waals surface area contributed by atoms with Crippen LogP contribution in [0.5, 0.6) is 0 Å². The van der Waals surface area contributed by atoms with Crippen LogP contribution in [0.1, 0.15) is 40.6 Å². The predicted octanol–water partition coefficient (Wildman–Crippen LogP) is 2.53. The first kappa shape index (κ1) is 12.4. The number of hydrogen-bond donors (Lipinski definition) is 1. The van der Waals surface area contributed by atoms with Gasteiger partial charge in [-0.1, -0.05) is 19.1 Å². The van der Waals surface area contributed by atoms with E-state index in [1.165, 1.54) is 13.0 Å². The van der Waals surface area contributed by atoms with E-state index in [-0.39, 0.29) is 24.3 Å². The van der Waals surface area contributed by atoms with Crippen molar-refractivity contribution < 1.29 is 14.7 Å². The Hall–Kier alpha value is -1.64. The lowest BCUT2D eigenvalue weighted by Gasteiger charge is -2.02. The van der Waals surface area contributed by atoms with Crippen LogP contribution in [0.3, 0.4) is 0 Å². The molecule has 0 atom stereocenters. The lowest BCUT2D eigenvalue weighted by atomic mass is 10.0. The molecule has 0 heterocycles. The van der Waals surface area contributed by atoms with Crippen molar-refractivity contribution in [2.45, 2.75) is 21.3 Å². The average Bonchev–Trinajstić information content (AvgIpc) is 2.03. The Balaban J connectivity index is 0.00000169. The number of aryl methyl sites for hydroxylation is 1. The summed E-state index contributed by atoms with van der Waals surface area (Å²) in [5.41, 5.74) is 1.22. The normalized spacial score (nSPS) is 9.00. The van der Waals surface area contributed by atoms with Crippen LogP contribution in [0, 0.1) is 6.92 Å². The van der Waals surface area contributed by atoms with Gasteiger partial charge in [0.05, 0.1) is 5.56 Å². The Kier molecular flexibility index (Phi) is 4.02. The zero-order valence-corrected chi connectivity index (χ0v) is 7.50. The van der Waals surface area contributed by atoms with E-state index in [2.05, 4.69) is 0 Å². The third-order valence-electron chi connectivity index (χ3n) is 1.78. The molecule has 1 N–H and O–H groups in total. The quantitative estimate of drug-likeness (QED) is 0.736. The van der Waals surface area contributed by atoms with Crippen molar-refractivity contribution in [1.29, 1.82) is 0 Å². The van der Waals surface area contributed by atoms with E-state index >= 15 is 0 Å². The highest BCUT2D eigenvalue weighted by Crippen LogP contribution is 2.12. The minimum Gasteiger partial charge on any atom is -0.478 e. The topological polar surface area (TPSA) is 54.4 Å². The molecular weight excluding hydrogens is 180 g/mol. The first-order valence-corrected chi connectivity index (χ1v) is 3.87. The van der Waals surface area contributed by atoms with Crippen molar-refractivity contribution in [3.63, 3.8) is 0 Å². The summed E-state index contributed by atoms with van der Waals surface area (Å²) in [6.07, 6.45) is 0. The van der Waals surface area contributed by atoms with Gasteiger partial charge in [0.2, 0.25) is 0 Å². The molecule has 1 aromatic rings. The Labute approximate surface area is 83.4 Å². The number of hydrogen-bond acceptors (Lipinski definition) is 2. The molecule has 14 heavy (non-hydrogen) atoms. The maximum absolute atomic E-state index is 11.1. The summed E-state index contributed by atoms with van der Waals surface area (Å²) in [5.74, 6) is -1.29. The Morgan fingerprint density at radius 2 is 1.79 bits per heavy atom. The average molecular weight is 194 g/mol. The summed E-state index contributed by atoms with van der Waals surface area (Å²) in [5, 5.41) is 8.75. The van der Waals surface area contributed by atoms with Crippen LogP contribution in [0.15, 0.2) is 18.2 Å². The van der Waals surface area contributed by atoms with Gasteiger partial charge in [0.15, 0.2) is 5.78 Å². The van der Waals surface area contributed by atoms with Gasteiger partial charge in [-0.3, -0.25) is 4.79 Å². The van der Waals surface area contributed by atoms with Gasteiger partial charge >= 0.3 is 5.97 Å². The number of carboxylic acids is 1. The molecule has 0 fully saturated rings. The highest BCUT2D eigenvalue weighted by molar-refractivity contribution is 6.04. The number of benzene rings is 1. The van der Waals surface area contributed by atoms with E-state index in [9.17, 15) is 9.59 Å². The van der Waals surface area contributed by atoms with Crippen molar-refractivity contribution in [2.75, 3.05) is 0 Å². The molecule has 0 aliphatic heterocycles. The van der Waals surface area contributed by atoms with E-state index in [1.807, 2.05) is 6.92 Å². The van der Waals surface area contributed by atoms with Gasteiger partial charge in [-0.25, -0.2) is 4.79 Å². The van der Waals surface area contributed by atoms with Crippen LogP contribution in [0.25, 0.3) is 0 Å². The first-order valence-electron chi connectivity index (χ1n) is 3.87. The summed E-state index contributed by atoms with van der Waals surface area (Å²) >= 11 is 0. The molecule has 1 rings (SSSR count). The molecule has 1 aromatic carbocycles. The lowest BCUT2D eigenvalue weighted by molar-refractivity contribution is 0.0692. The number of rotatable bonds is 2. The van der Waals surface area contributed by atoms with Gasteiger partial charge in [0.1, 0.15) is 0 Å². The zero-order valence-electron chi connectivity index (χ0n) is 7.50. The number of carbonyl (C=O) groups is 2. The van der Waals surface area contributed by atoms with Crippen LogP contribution in [0.2, 0.25) is 0 Å². The van der Waals surface area contributed by atoms with Crippen molar-refractivity contribution in [2.24, 2.45) is 0 Å². The molecule has 0 aliphatic rings. The standard InChI is InChI=1S/C10H10O3.CH4/c1-6-3-4-8(10(12)13)9(5-6)7(2)11;/h3-5H,1-2H3,(H,12,13);1H4. The number of Topliss-reactive ketones (excluding diaryl/α,β-unsaturated/α-hetero) is 1. The molecule has 0 aliphatic carbocycles. The molecular formula is C11H14O3.